The maximum atomic E-state index is 12.7. The summed E-state index contributed by atoms with van der Waals surface area (Å²) in [6.07, 6.45) is 1.40. The summed E-state index contributed by atoms with van der Waals surface area (Å²) in [5.41, 5.74) is 5.98. The number of aliphatic hydroxyl groups is 1. The van der Waals surface area contributed by atoms with Crippen LogP contribution in [0.25, 0.3) is 0 Å². The van der Waals surface area contributed by atoms with E-state index in [-0.39, 0.29) is 22.4 Å². The molecule has 1 fully saturated rings. The Morgan fingerprint density at radius 1 is 1.45 bits per heavy atom. The second-order valence-electron chi connectivity index (χ2n) is 4.89. The fourth-order valence-corrected chi connectivity index (χ4v) is 4.45. The van der Waals surface area contributed by atoms with Gasteiger partial charge in [0.25, 0.3) is 0 Å². The first-order chi connectivity index (χ1) is 9.46. The number of nitrogens with zero attached hydrogens (tertiary/aromatic N) is 1. The molecule has 0 spiro atoms. The van der Waals surface area contributed by atoms with E-state index in [1.54, 1.807) is 18.2 Å². The zero-order chi connectivity index (χ0) is 14.8. The second kappa shape index (κ2) is 6.17. The zero-order valence-electron chi connectivity index (χ0n) is 11.0. The summed E-state index contributed by atoms with van der Waals surface area (Å²) in [5, 5.41) is 8.95. The van der Waals surface area contributed by atoms with Crippen LogP contribution in [0.1, 0.15) is 18.4 Å². The molecule has 0 amide bonds. The SMILES string of the molecule is NC(=S)c1ccccc1S(=O)(=O)N1CCC(CCO)C1. The van der Waals surface area contributed by atoms with Gasteiger partial charge in [0.15, 0.2) is 0 Å². The smallest absolute Gasteiger partial charge is 0.243 e. The first-order valence-electron chi connectivity index (χ1n) is 6.46. The third-order valence-electron chi connectivity index (χ3n) is 3.56. The van der Waals surface area contributed by atoms with Crippen LogP contribution in [0.5, 0.6) is 0 Å². The normalized spacial score (nSPS) is 20.1. The highest BCUT2D eigenvalue weighted by molar-refractivity contribution is 7.89. The van der Waals surface area contributed by atoms with Gasteiger partial charge < -0.3 is 10.8 Å². The summed E-state index contributed by atoms with van der Waals surface area (Å²) in [4.78, 5) is 0.243. The Bertz CT molecular complexity index is 601. The minimum Gasteiger partial charge on any atom is -0.396 e. The Morgan fingerprint density at radius 3 is 2.80 bits per heavy atom. The first-order valence-corrected chi connectivity index (χ1v) is 8.31. The van der Waals surface area contributed by atoms with Gasteiger partial charge in [-0.1, -0.05) is 30.4 Å². The van der Waals surface area contributed by atoms with Crippen molar-refractivity contribution in [3.05, 3.63) is 29.8 Å². The van der Waals surface area contributed by atoms with Gasteiger partial charge in [-0.05, 0) is 24.8 Å². The number of hydrogen-bond acceptors (Lipinski definition) is 4. The molecule has 1 heterocycles. The number of benzene rings is 1. The minimum absolute atomic E-state index is 0.0790. The molecule has 0 radical (unpaired) electrons. The van der Waals surface area contributed by atoms with E-state index >= 15 is 0 Å². The highest BCUT2D eigenvalue weighted by atomic mass is 32.2. The molecule has 1 aliphatic heterocycles. The molecule has 7 heteroatoms. The number of nitrogens with two attached hydrogens (primary N) is 1. The molecular formula is C13H18N2O3S2. The van der Waals surface area contributed by atoms with Crippen LogP contribution in [0.4, 0.5) is 0 Å². The molecule has 3 N–H and O–H groups in total. The molecule has 0 bridgehead atoms. The third kappa shape index (κ3) is 3.01. The van der Waals surface area contributed by atoms with Gasteiger partial charge in [-0.2, -0.15) is 4.31 Å². The average molecular weight is 314 g/mol. The van der Waals surface area contributed by atoms with Gasteiger partial charge in [0.2, 0.25) is 10.0 Å². The Morgan fingerprint density at radius 2 is 2.15 bits per heavy atom. The van der Waals surface area contributed by atoms with Crippen molar-refractivity contribution in [1.29, 1.82) is 0 Å². The van der Waals surface area contributed by atoms with E-state index in [1.807, 2.05) is 0 Å². The lowest BCUT2D eigenvalue weighted by atomic mass is 10.1. The van der Waals surface area contributed by atoms with Crippen LogP contribution in [-0.4, -0.2) is 42.5 Å². The van der Waals surface area contributed by atoms with E-state index in [9.17, 15) is 8.42 Å². The fourth-order valence-electron chi connectivity index (χ4n) is 2.47. The van der Waals surface area contributed by atoms with Crippen molar-refractivity contribution in [3.63, 3.8) is 0 Å². The number of hydrogen-bond donors (Lipinski definition) is 2. The van der Waals surface area contributed by atoms with Crippen molar-refractivity contribution in [3.8, 4) is 0 Å². The molecule has 5 nitrogen and oxygen atoms in total. The average Bonchev–Trinajstić information content (AvgIpc) is 2.88. The first kappa shape index (κ1) is 15.4. The molecule has 1 unspecified atom stereocenters. The van der Waals surface area contributed by atoms with Crippen molar-refractivity contribution in [2.45, 2.75) is 17.7 Å². The molecule has 1 atom stereocenters. The van der Waals surface area contributed by atoms with E-state index in [2.05, 4.69) is 0 Å². The van der Waals surface area contributed by atoms with Crippen molar-refractivity contribution in [2.24, 2.45) is 11.7 Å². The van der Waals surface area contributed by atoms with Crippen LogP contribution < -0.4 is 5.73 Å². The number of rotatable bonds is 5. The topological polar surface area (TPSA) is 83.6 Å². The molecule has 1 saturated heterocycles. The molecular weight excluding hydrogens is 296 g/mol. The van der Waals surface area contributed by atoms with Crippen LogP contribution in [-0.2, 0) is 10.0 Å². The quantitative estimate of drug-likeness (QED) is 0.782. The lowest BCUT2D eigenvalue weighted by molar-refractivity contribution is 0.259. The molecule has 2 rings (SSSR count). The summed E-state index contributed by atoms with van der Waals surface area (Å²) in [6.45, 7) is 0.995. The van der Waals surface area contributed by atoms with Gasteiger partial charge in [0.1, 0.15) is 4.99 Å². The second-order valence-corrected chi connectivity index (χ2v) is 7.24. The summed E-state index contributed by atoms with van der Waals surface area (Å²) in [6, 6.07) is 6.53. The van der Waals surface area contributed by atoms with Gasteiger partial charge >= 0.3 is 0 Å². The predicted octanol–water partition coefficient (Wildman–Crippen LogP) is 0.714. The Labute approximate surface area is 124 Å². The van der Waals surface area contributed by atoms with Crippen molar-refractivity contribution < 1.29 is 13.5 Å². The molecule has 20 heavy (non-hydrogen) atoms. The van der Waals surface area contributed by atoms with Crippen molar-refractivity contribution in [2.75, 3.05) is 19.7 Å². The minimum atomic E-state index is -3.58. The zero-order valence-corrected chi connectivity index (χ0v) is 12.7. The standard InChI is InChI=1S/C13H18N2O3S2/c14-13(19)11-3-1-2-4-12(11)20(17,18)15-7-5-10(9-15)6-8-16/h1-4,10,16H,5-9H2,(H2,14,19). The van der Waals surface area contributed by atoms with E-state index in [0.29, 0.717) is 25.1 Å². The fraction of sp³-hybridized carbons (Fsp3) is 0.462. The van der Waals surface area contributed by atoms with E-state index in [4.69, 9.17) is 23.1 Å². The van der Waals surface area contributed by atoms with Crippen LogP contribution in [0, 0.1) is 5.92 Å². The van der Waals surface area contributed by atoms with Crippen LogP contribution >= 0.6 is 12.2 Å². The van der Waals surface area contributed by atoms with E-state index in [0.717, 1.165) is 6.42 Å². The third-order valence-corrected chi connectivity index (χ3v) is 5.70. The van der Waals surface area contributed by atoms with Gasteiger partial charge in [0.05, 0.1) is 4.90 Å². The van der Waals surface area contributed by atoms with Crippen LogP contribution in [0.15, 0.2) is 29.2 Å². The summed E-state index contributed by atoms with van der Waals surface area (Å²) in [7, 11) is -3.58. The molecule has 1 aromatic carbocycles. The highest BCUT2D eigenvalue weighted by Crippen LogP contribution is 2.27. The predicted molar refractivity (Wildman–Crippen MR) is 80.9 cm³/mol. The molecule has 1 aliphatic rings. The Hall–Kier alpha value is -1.02. The van der Waals surface area contributed by atoms with Gasteiger partial charge in [-0.25, -0.2) is 8.42 Å². The molecule has 1 aromatic rings. The van der Waals surface area contributed by atoms with Crippen molar-refractivity contribution >= 4 is 27.2 Å². The summed E-state index contributed by atoms with van der Waals surface area (Å²) >= 11 is 4.92. The van der Waals surface area contributed by atoms with Crippen LogP contribution in [0.2, 0.25) is 0 Å². The van der Waals surface area contributed by atoms with Crippen LogP contribution in [0.3, 0.4) is 0 Å². The highest BCUT2D eigenvalue weighted by Gasteiger charge is 2.33. The molecule has 110 valence electrons. The summed E-state index contributed by atoms with van der Waals surface area (Å²) < 4.78 is 26.8. The lowest BCUT2D eigenvalue weighted by Gasteiger charge is -2.18. The number of sulfonamides is 1. The Balaban J connectivity index is 2.30. The summed E-state index contributed by atoms with van der Waals surface area (Å²) in [5.74, 6) is 0.215. The van der Waals surface area contributed by atoms with Gasteiger partial charge in [-0.3, -0.25) is 0 Å². The van der Waals surface area contributed by atoms with E-state index in [1.165, 1.54) is 10.4 Å². The van der Waals surface area contributed by atoms with Gasteiger partial charge in [-0.15, -0.1) is 0 Å². The van der Waals surface area contributed by atoms with Gasteiger partial charge in [0, 0.05) is 25.3 Å². The molecule has 0 saturated carbocycles. The number of thiocarbonyl (C=S) groups is 1. The maximum Gasteiger partial charge on any atom is 0.243 e. The monoisotopic (exact) mass is 314 g/mol. The molecule has 0 aromatic heterocycles. The Kier molecular flexibility index (Phi) is 4.74. The maximum absolute atomic E-state index is 12.7. The van der Waals surface area contributed by atoms with E-state index < -0.39 is 10.0 Å². The van der Waals surface area contributed by atoms with Crippen molar-refractivity contribution in [1.82, 2.24) is 4.31 Å². The molecule has 0 aliphatic carbocycles. The number of aliphatic hydroxyl groups excluding tert-OH is 1. The largest absolute Gasteiger partial charge is 0.396 e. The lowest BCUT2D eigenvalue weighted by Crippen LogP contribution is -2.30.